The van der Waals surface area contributed by atoms with Crippen LogP contribution in [-0.2, 0) is 4.79 Å². The Balaban J connectivity index is 1.66. The molecule has 1 amide bonds. The van der Waals surface area contributed by atoms with Gasteiger partial charge in [-0.05, 0) is 31.9 Å². The van der Waals surface area contributed by atoms with Crippen molar-refractivity contribution < 1.29 is 14.3 Å². The summed E-state index contributed by atoms with van der Waals surface area (Å²) in [6.07, 6.45) is 5.63. The molecule has 7 heteroatoms. The molecule has 1 aliphatic rings. The zero-order chi connectivity index (χ0) is 22.2. The number of hydrogen-bond acceptors (Lipinski definition) is 6. The second-order valence-corrected chi connectivity index (χ2v) is 8.04. The monoisotopic (exact) mass is 426 g/mol. The quantitative estimate of drug-likeness (QED) is 0.587. The van der Waals surface area contributed by atoms with Gasteiger partial charge in [0.15, 0.2) is 11.5 Å². The molecule has 0 unspecified atom stereocenters. The highest BCUT2D eigenvalue weighted by atomic mass is 16.5. The van der Waals surface area contributed by atoms with Gasteiger partial charge in [-0.1, -0.05) is 38.8 Å². The highest BCUT2D eigenvalue weighted by Crippen LogP contribution is 2.31. The van der Waals surface area contributed by atoms with E-state index in [0.717, 1.165) is 44.6 Å². The van der Waals surface area contributed by atoms with Crippen LogP contribution in [0.2, 0.25) is 0 Å². The average Bonchev–Trinajstić information content (AvgIpc) is 2.80. The fraction of sp³-hybridized carbons (Fsp3) is 0.542. The third-order valence-electron chi connectivity index (χ3n) is 5.89. The first kappa shape index (κ1) is 22.8. The number of amides is 1. The Hall–Kier alpha value is -2.83. The van der Waals surface area contributed by atoms with E-state index < -0.39 is 0 Å². The van der Waals surface area contributed by atoms with Crippen molar-refractivity contribution in [2.24, 2.45) is 5.92 Å². The molecule has 2 atom stereocenters. The molecule has 1 aliphatic heterocycles. The van der Waals surface area contributed by atoms with Crippen LogP contribution >= 0.6 is 0 Å². The maximum Gasteiger partial charge on any atom is 0.226 e. The molecule has 2 aromatic rings. The number of hydrogen-bond donors (Lipinski definition) is 0. The maximum absolute atomic E-state index is 13.1. The molecule has 1 aromatic carbocycles. The minimum absolute atomic E-state index is 0.130. The molecule has 2 heterocycles. The van der Waals surface area contributed by atoms with Crippen LogP contribution in [0.4, 0.5) is 5.82 Å². The van der Waals surface area contributed by atoms with Crippen LogP contribution in [0.1, 0.15) is 46.5 Å². The molecule has 1 saturated heterocycles. The number of benzene rings is 1. The Morgan fingerprint density at radius 2 is 1.97 bits per heavy atom. The van der Waals surface area contributed by atoms with Crippen molar-refractivity contribution in [3.63, 3.8) is 0 Å². The fourth-order valence-corrected chi connectivity index (χ4v) is 4.05. The van der Waals surface area contributed by atoms with Gasteiger partial charge in [0.25, 0.3) is 0 Å². The summed E-state index contributed by atoms with van der Waals surface area (Å²) in [7, 11) is 1.61. The van der Waals surface area contributed by atoms with E-state index in [9.17, 15) is 4.79 Å². The predicted molar refractivity (Wildman–Crippen MR) is 122 cm³/mol. The zero-order valence-electron chi connectivity index (χ0n) is 19.1. The SMILES string of the molecule is CCCC[C@@H](CC)C(=O)N1CCN(c2cc(Oc3ccccc3OC)ncn2)C[C@@H]1C. The Morgan fingerprint density at radius 3 is 2.65 bits per heavy atom. The van der Waals surface area contributed by atoms with Crippen LogP contribution in [0, 0.1) is 5.92 Å². The first-order valence-electron chi connectivity index (χ1n) is 11.3. The standard InChI is InChI=1S/C24H34N4O3/c1-5-7-10-19(6-2)24(29)28-14-13-27(16-18(28)3)22-15-23(26-17-25-22)31-21-12-9-8-11-20(21)30-4/h8-9,11-12,15,17-19H,5-7,10,13-14,16H2,1-4H3/t18-,19+/m0/s1. The summed E-state index contributed by atoms with van der Waals surface area (Å²) in [5.74, 6) is 2.95. The molecule has 0 N–H and O–H groups in total. The van der Waals surface area contributed by atoms with Crippen molar-refractivity contribution in [1.82, 2.24) is 14.9 Å². The van der Waals surface area contributed by atoms with E-state index in [-0.39, 0.29) is 12.0 Å². The molecule has 0 radical (unpaired) electrons. The molecule has 1 fully saturated rings. The molecule has 0 aliphatic carbocycles. The van der Waals surface area contributed by atoms with Crippen LogP contribution in [0.15, 0.2) is 36.7 Å². The van der Waals surface area contributed by atoms with Crippen LogP contribution in [0.3, 0.4) is 0 Å². The maximum atomic E-state index is 13.1. The number of methoxy groups -OCH3 is 1. The van der Waals surface area contributed by atoms with Crippen molar-refractivity contribution >= 4 is 11.7 Å². The van der Waals surface area contributed by atoms with Gasteiger partial charge in [0.1, 0.15) is 12.1 Å². The van der Waals surface area contributed by atoms with Gasteiger partial charge in [0.05, 0.1) is 7.11 Å². The molecule has 31 heavy (non-hydrogen) atoms. The van der Waals surface area contributed by atoms with Crippen molar-refractivity contribution in [3.8, 4) is 17.4 Å². The third kappa shape index (κ3) is 5.66. The van der Waals surface area contributed by atoms with Gasteiger partial charge in [-0.2, -0.15) is 0 Å². The van der Waals surface area contributed by atoms with Crippen molar-refractivity contribution in [2.45, 2.75) is 52.5 Å². The number of para-hydroxylation sites is 2. The summed E-state index contributed by atoms with van der Waals surface area (Å²) >= 11 is 0. The minimum atomic E-state index is 0.130. The van der Waals surface area contributed by atoms with Gasteiger partial charge in [-0.25, -0.2) is 9.97 Å². The normalized spacial score (nSPS) is 17.4. The molecule has 7 nitrogen and oxygen atoms in total. The lowest BCUT2D eigenvalue weighted by Crippen LogP contribution is -2.55. The van der Waals surface area contributed by atoms with Crippen molar-refractivity contribution in [3.05, 3.63) is 36.7 Å². The topological polar surface area (TPSA) is 67.8 Å². The Bertz CT molecular complexity index is 860. The van der Waals surface area contributed by atoms with E-state index in [2.05, 4.69) is 35.6 Å². The lowest BCUT2D eigenvalue weighted by molar-refractivity contribution is -0.138. The van der Waals surface area contributed by atoms with E-state index in [1.165, 1.54) is 6.33 Å². The van der Waals surface area contributed by atoms with Crippen LogP contribution in [0.25, 0.3) is 0 Å². The molecule has 0 spiro atoms. The number of anilines is 1. The molecule has 1 aromatic heterocycles. The number of carbonyl (C=O) groups excluding carboxylic acids is 1. The average molecular weight is 427 g/mol. The second kappa shape index (κ2) is 11.0. The van der Waals surface area contributed by atoms with E-state index in [1.54, 1.807) is 7.11 Å². The lowest BCUT2D eigenvalue weighted by atomic mass is 9.96. The highest BCUT2D eigenvalue weighted by molar-refractivity contribution is 5.79. The Labute approximate surface area is 185 Å². The number of piperazine rings is 1. The summed E-state index contributed by atoms with van der Waals surface area (Å²) in [6, 6.07) is 9.44. The summed E-state index contributed by atoms with van der Waals surface area (Å²) < 4.78 is 11.3. The molecule has 0 bridgehead atoms. The van der Waals surface area contributed by atoms with E-state index >= 15 is 0 Å². The summed E-state index contributed by atoms with van der Waals surface area (Å²) in [4.78, 5) is 26.0. The summed E-state index contributed by atoms with van der Waals surface area (Å²) in [5.41, 5.74) is 0. The van der Waals surface area contributed by atoms with E-state index in [0.29, 0.717) is 29.8 Å². The number of unbranched alkanes of at least 4 members (excludes halogenated alkanes) is 1. The van der Waals surface area contributed by atoms with Gasteiger partial charge in [0.2, 0.25) is 11.8 Å². The predicted octanol–water partition coefficient (Wildman–Crippen LogP) is 4.53. The second-order valence-electron chi connectivity index (χ2n) is 8.04. The smallest absolute Gasteiger partial charge is 0.226 e. The van der Waals surface area contributed by atoms with Crippen LogP contribution < -0.4 is 14.4 Å². The molecule has 3 rings (SSSR count). The first-order valence-corrected chi connectivity index (χ1v) is 11.3. The highest BCUT2D eigenvalue weighted by Gasteiger charge is 2.31. The lowest BCUT2D eigenvalue weighted by Gasteiger charge is -2.41. The zero-order valence-corrected chi connectivity index (χ0v) is 19.1. The van der Waals surface area contributed by atoms with Gasteiger partial charge < -0.3 is 19.3 Å². The molecular weight excluding hydrogens is 392 g/mol. The van der Waals surface area contributed by atoms with E-state index in [1.807, 2.05) is 35.2 Å². The first-order chi connectivity index (χ1) is 15.1. The van der Waals surface area contributed by atoms with Gasteiger partial charge in [0, 0.05) is 37.7 Å². The number of nitrogens with zero attached hydrogens (tertiary/aromatic N) is 4. The van der Waals surface area contributed by atoms with Crippen LogP contribution in [0.5, 0.6) is 17.4 Å². The summed E-state index contributed by atoms with van der Waals surface area (Å²) in [6.45, 7) is 8.58. The van der Waals surface area contributed by atoms with Crippen molar-refractivity contribution in [2.75, 3.05) is 31.6 Å². The van der Waals surface area contributed by atoms with Crippen LogP contribution in [-0.4, -0.2) is 53.6 Å². The largest absolute Gasteiger partial charge is 0.493 e. The Kier molecular flexibility index (Phi) is 8.09. The molecule has 168 valence electrons. The van der Waals surface area contributed by atoms with Gasteiger partial charge in [-0.3, -0.25) is 4.79 Å². The summed E-state index contributed by atoms with van der Waals surface area (Å²) in [5, 5.41) is 0. The minimum Gasteiger partial charge on any atom is -0.493 e. The fourth-order valence-electron chi connectivity index (χ4n) is 4.05. The molecular formula is C24H34N4O3. The van der Waals surface area contributed by atoms with Gasteiger partial charge >= 0.3 is 0 Å². The van der Waals surface area contributed by atoms with Crippen molar-refractivity contribution in [1.29, 1.82) is 0 Å². The third-order valence-corrected chi connectivity index (χ3v) is 5.89. The molecule has 0 saturated carbocycles. The Morgan fingerprint density at radius 1 is 1.19 bits per heavy atom. The number of ether oxygens (including phenoxy) is 2. The number of carbonyl (C=O) groups is 1. The van der Waals surface area contributed by atoms with E-state index in [4.69, 9.17) is 9.47 Å². The number of aromatic nitrogens is 2. The number of rotatable bonds is 9. The van der Waals surface area contributed by atoms with Gasteiger partial charge in [-0.15, -0.1) is 0 Å².